The largest absolute Gasteiger partial charge is 0.480 e. The summed E-state index contributed by atoms with van der Waals surface area (Å²) < 4.78 is 5.19. The van der Waals surface area contributed by atoms with Crippen LogP contribution >= 0.6 is 11.3 Å². The Hall–Kier alpha value is -3.79. The maximum atomic E-state index is 12.3. The Morgan fingerprint density at radius 1 is 1.21 bits per heavy atom. The van der Waals surface area contributed by atoms with E-state index in [9.17, 15) is 19.5 Å². The highest BCUT2D eigenvalue weighted by Crippen LogP contribution is 2.42. The van der Waals surface area contributed by atoms with Crippen molar-refractivity contribution in [2.45, 2.75) is 6.92 Å². The second-order valence-electron chi connectivity index (χ2n) is 5.83. The van der Waals surface area contributed by atoms with Crippen LogP contribution in [0.3, 0.4) is 0 Å². The third kappa shape index (κ3) is 4.55. The minimum absolute atomic E-state index is 0.0221. The average molecular weight is 413 g/mol. The van der Waals surface area contributed by atoms with Crippen LogP contribution in [0.25, 0.3) is 10.4 Å². The third-order valence-corrected chi connectivity index (χ3v) is 5.11. The van der Waals surface area contributed by atoms with Gasteiger partial charge < -0.3 is 20.3 Å². The number of benzene rings is 1. The molecular weight excluding hydrogens is 398 g/mol. The van der Waals surface area contributed by atoms with Gasteiger partial charge in [-0.15, -0.1) is 11.3 Å². The topological polar surface area (TPSA) is 139 Å². The van der Waals surface area contributed by atoms with Gasteiger partial charge in [-0.1, -0.05) is 12.1 Å². The first kappa shape index (κ1) is 20.0. The molecule has 0 fully saturated rings. The van der Waals surface area contributed by atoms with Gasteiger partial charge in [0, 0.05) is 28.5 Å². The molecule has 0 bridgehead atoms. The zero-order valence-electron chi connectivity index (χ0n) is 15.1. The van der Waals surface area contributed by atoms with Crippen molar-refractivity contribution in [1.82, 2.24) is 9.97 Å². The highest BCUT2D eigenvalue weighted by atomic mass is 32.1. The minimum atomic E-state index is -1.21. The van der Waals surface area contributed by atoms with E-state index in [1.54, 1.807) is 31.2 Å². The second-order valence-corrected chi connectivity index (χ2v) is 6.85. The van der Waals surface area contributed by atoms with Crippen molar-refractivity contribution in [3.8, 4) is 16.2 Å². The van der Waals surface area contributed by atoms with Gasteiger partial charge >= 0.3 is 11.9 Å². The Kier molecular flexibility index (Phi) is 5.84. The van der Waals surface area contributed by atoms with Crippen LogP contribution < -0.4 is 10.1 Å². The first-order chi connectivity index (χ1) is 13.9. The molecule has 0 radical (unpaired) electrons. The number of thiophene rings is 1. The number of nitrogens with zero attached hydrogens (tertiary/aromatic N) is 2. The number of rotatable bonds is 7. The van der Waals surface area contributed by atoms with Crippen molar-refractivity contribution in [3.05, 3.63) is 59.0 Å². The molecule has 3 aromatic rings. The number of hydrogen-bond donors (Lipinski definition) is 3. The highest BCUT2D eigenvalue weighted by molar-refractivity contribution is 7.18. The normalized spacial score (nSPS) is 10.4. The molecule has 0 saturated heterocycles. The molecular formula is C19H15N3O6S. The summed E-state index contributed by atoms with van der Waals surface area (Å²) in [5.41, 5.74) is 1.79. The predicted octanol–water partition coefficient (Wildman–Crippen LogP) is 2.93. The van der Waals surface area contributed by atoms with Gasteiger partial charge in [-0.3, -0.25) is 9.78 Å². The van der Waals surface area contributed by atoms with Crippen molar-refractivity contribution in [2.75, 3.05) is 11.9 Å². The summed E-state index contributed by atoms with van der Waals surface area (Å²) in [6, 6.07) is 6.82. The lowest BCUT2D eigenvalue weighted by molar-refractivity contribution is -0.139. The maximum Gasteiger partial charge on any atom is 0.349 e. The standard InChI is InChI=1S/C19H15N3O6S/c1-10-15(28-9-14(23)24)17(19(26)27)29-16(10)11-3-2-4-12(7-11)22-18(25)13-8-20-5-6-21-13/h2-8H,9H2,1H3,(H,22,25)(H,23,24)(H,26,27). The molecule has 10 heteroatoms. The molecule has 2 heterocycles. The number of carboxylic acids is 2. The molecule has 0 saturated carbocycles. The predicted molar refractivity (Wildman–Crippen MR) is 105 cm³/mol. The number of nitrogens with one attached hydrogen (secondary N) is 1. The van der Waals surface area contributed by atoms with Crippen LogP contribution in [0.1, 0.15) is 25.7 Å². The molecule has 3 rings (SSSR count). The van der Waals surface area contributed by atoms with Gasteiger partial charge in [0.1, 0.15) is 11.4 Å². The van der Waals surface area contributed by atoms with E-state index in [1.165, 1.54) is 18.6 Å². The number of hydrogen-bond acceptors (Lipinski definition) is 7. The van der Waals surface area contributed by atoms with Gasteiger partial charge in [0.15, 0.2) is 11.5 Å². The van der Waals surface area contributed by atoms with Gasteiger partial charge in [-0.2, -0.15) is 0 Å². The molecule has 0 aliphatic heterocycles. The summed E-state index contributed by atoms with van der Waals surface area (Å²) >= 11 is 0.970. The van der Waals surface area contributed by atoms with E-state index >= 15 is 0 Å². The third-order valence-electron chi connectivity index (χ3n) is 3.80. The Bertz CT molecular complexity index is 1080. The van der Waals surface area contributed by atoms with Gasteiger partial charge in [0.05, 0.1) is 6.20 Å². The Morgan fingerprint density at radius 3 is 2.66 bits per heavy atom. The Balaban J connectivity index is 1.92. The average Bonchev–Trinajstić information content (AvgIpc) is 3.04. The fourth-order valence-corrected chi connectivity index (χ4v) is 3.66. The van der Waals surface area contributed by atoms with Crippen LogP contribution in [-0.4, -0.2) is 44.6 Å². The van der Waals surface area contributed by atoms with Crippen LogP contribution in [0, 0.1) is 6.92 Å². The molecule has 2 aromatic heterocycles. The molecule has 1 amide bonds. The smallest absolute Gasteiger partial charge is 0.349 e. The molecule has 0 aliphatic carbocycles. The number of aromatic carboxylic acids is 1. The lowest BCUT2D eigenvalue weighted by Gasteiger charge is -2.07. The van der Waals surface area contributed by atoms with Crippen molar-refractivity contribution in [3.63, 3.8) is 0 Å². The number of aromatic nitrogens is 2. The lowest BCUT2D eigenvalue weighted by atomic mass is 10.1. The number of ether oxygens (including phenoxy) is 1. The van der Waals surface area contributed by atoms with Crippen LogP contribution in [0.2, 0.25) is 0 Å². The maximum absolute atomic E-state index is 12.3. The first-order valence-electron chi connectivity index (χ1n) is 8.26. The number of carbonyl (C=O) groups excluding carboxylic acids is 1. The molecule has 29 heavy (non-hydrogen) atoms. The molecule has 1 aromatic carbocycles. The number of anilines is 1. The lowest BCUT2D eigenvalue weighted by Crippen LogP contribution is -2.13. The number of aliphatic carboxylic acids is 1. The van der Waals surface area contributed by atoms with Crippen molar-refractivity contribution in [2.24, 2.45) is 0 Å². The zero-order chi connectivity index (χ0) is 21.0. The summed E-state index contributed by atoms with van der Waals surface area (Å²) in [6.45, 7) is 1.01. The molecule has 148 valence electrons. The van der Waals surface area contributed by atoms with E-state index in [4.69, 9.17) is 9.84 Å². The Morgan fingerprint density at radius 2 is 2.00 bits per heavy atom. The fraction of sp³-hybridized carbons (Fsp3) is 0.105. The summed E-state index contributed by atoms with van der Waals surface area (Å²) in [4.78, 5) is 42.9. The number of carboxylic acid groups (broad SMARTS) is 2. The summed E-state index contributed by atoms with van der Waals surface area (Å²) in [5.74, 6) is -2.83. The fourth-order valence-electron chi connectivity index (χ4n) is 2.57. The van der Waals surface area contributed by atoms with Crippen LogP contribution in [-0.2, 0) is 4.79 Å². The molecule has 3 N–H and O–H groups in total. The molecule has 0 atom stereocenters. The monoisotopic (exact) mass is 413 g/mol. The van der Waals surface area contributed by atoms with Crippen molar-refractivity contribution in [1.29, 1.82) is 0 Å². The van der Waals surface area contributed by atoms with Gasteiger partial charge in [-0.05, 0) is 24.6 Å². The van der Waals surface area contributed by atoms with Crippen molar-refractivity contribution >= 4 is 34.9 Å². The van der Waals surface area contributed by atoms with E-state index in [-0.39, 0.29) is 16.3 Å². The Labute approximate surface area is 168 Å². The number of carbonyl (C=O) groups is 3. The van der Waals surface area contributed by atoms with Gasteiger partial charge in [0.25, 0.3) is 5.91 Å². The molecule has 0 aliphatic rings. The van der Waals surface area contributed by atoms with E-state index < -0.39 is 24.5 Å². The summed E-state index contributed by atoms with van der Waals surface area (Å²) in [6.07, 6.45) is 4.21. The van der Waals surface area contributed by atoms with Gasteiger partial charge in [0.2, 0.25) is 0 Å². The van der Waals surface area contributed by atoms with E-state index in [0.717, 1.165) is 11.3 Å². The molecule has 0 spiro atoms. The van der Waals surface area contributed by atoms with E-state index in [1.807, 2.05) is 0 Å². The summed E-state index contributed by atoms with van der Waals surface area (Å²) in [5, 5.41) is 21.0. The van der Waals surface area contributed by atoms with Crippen molar-refractivity contribution < 1.29 is 29.3 Å². The van der Waals surface area contributed by atoms with Crippen LogP contribution in [0.15, 0.2) is 42.9 Å². The quantitative estimate of drug-likeness (QED) is 0.537. The molecule has 9 nitrogen and oxygen atoms in total. The van der Waals surface area contributed by atoms with Crippen LogP contribution in [0.5, 0.6) is 5.75 Å². The van der Waals surface area contributed by atoms with E-state index in [2.05, 4.69) is 15.3 Å². The first-order valence-corrected chi connectivity index (χ1v) is 9.07. The van der Waals surface area contributed by atoms with Gasteiger partial charge in [-0.25, -0.2) is 14.6 Å². The van der Waals surface area contributed by atoms with Crippen LogP contribution in [0.4, 0.5) is 5.69 Å². The SMILES string of the molecule is Cc1c(-c2cccc(NC(=O)c3cnccn3)c2)sc(C(=O)O)c1OCC(=O)O. The molecule has 0 unspecified atom stereocenters. The van der Waals surface area contributed by atoms with E-state index in [0.29, 0.717) is 21.7 Å². The zero-order valence-corrected chi connectivity index (χ0v) is 15.9. The summed E-state index contributed by atoms with van der Waals surface area (Å²) in [7, 11) is 0. The number of amides is 1. The minimum Gasteiger partial charge on any atom is -0.480 e. The highest BCUT2D eigenvalue weighted by Gasteiger charge is 2.23. The second kappa shape index (κ2) is 8.48.